The molecule has 3 aromatic rings. The first-order chi connectivity index (χ1) is 15.9. The number of carbonyl (C=O) groups excluding carboxylic acids is 2. The molecule has 1 heterocycles. The number of nitrogens with zero attached hydrogens (tertiary/aromatic N) is 1. The molecule has 0 saturated heterocycles. The molecule has 1 aromatic heterocycles. The van der Waals surface area contributed by atoms with Gasteiger partial charge in [0.05, 0.1) is 6.42 Å². The molecule has 0 spiro atoms. The SMILES string of the molecule is O=C(O)CC(NC(=O)OCC1c2ccccc2-c2ccccc21)C(=O)Nc1cccc(F)n1. The quantitative estimate of drug-likeness (QED) is 0.475. The average Bonchev–Trinajstić information content (AvgIpc) is 3.11. The van der Waals surface area contributed by atoms with E-state index in [1.807, 2.05) is 48.5 Å². The number of hydrogen-bond donors (Lipinski definition) is 3. The maximum Gasteiger partial charge on any atom is 0.407 e. The molecule has 1 aliphatic carbocycles. The first-order valence-corrected chi connectivity index (χ1v) is 10.2. The van der Waals surface area contributed by atoms with Crippen LogP contribution in [0.5, 0.6) is 0 Å². The zero-order valence-corrected chi connectivity index (χ0v) is 17.3. The van der Waals surface area contributed by atoms with Crippen LogP contribution < -0.4 is 10.6 Å². The van der Waals surface area contributed by atoms with Crippen LogP contribution in [0.15, 0.2) is 66.7 Å². The van der Waals surface area contributed by atoms with Crippen LogP contribution in [0.4, 0.5) is 15.0 Å². The van der Waals surface area contributed by atoms with Crippen molar-refractivity contribution in [1.82, 2.24) is 10.3 Å². The van der Waals surface area contributed by atoms with Gasteiger partial charge in [-0.25, -0.2) is 9.78 Å². The number of carbonyl (C=O) groups is 3. The van der Waals surface area contributed by atoms with Gasteiger partial charge >= 0.3 is 12.1 Å². The molecule has 9 heteroatoms. The molecule has 8 nitrogen and oxygen atoms in total. The van der Waals surface area contributed by atoms with E-state index in [1.54, 1.807) is 0 Å². The van der Waals surface area contributed by atoms with Crippen molar-refractivity contribution >= 4 is 23.8 Å². The molecule has 33 heavy (non-hydrogen) atoms. The van der Waals surface area contributed by atoms with Gasteiger partial charge in [-0.05, 0) is 34.4 Å². The molecular weight excluding hydrogens is 429 g/mol. The van der Waals surface area contributed by atoms with E-state index in [0.717, 1.165) is 28.3 Å². The topological polar surface area (TPSA) is 118 Å². The first-order valence-electron chi connectivity index (χ1n) is 10.2. The van der Waals surface area contributed by atoms with Crippen LogP contribution in [0.2, 0.25) is 0 Å². The second-order valence-electron chi connectivity index (χ2n) is 7.46. The number of alkyl carbamates (subject to hydrolysis) is 1. The number of amides is 2. The fraction of sp³-hybridized carbons (Fsp3) is 0.167. The Labute approximate surface area is 188 Å². The van der Waals surface area contributed by atoms with Crippen molar-refractivity contribution in [3.05, 3.63) is 83.8 Å². The Morgan fingerprint density at radius 2 is 1.61 bits per heavy atom. The van der Waals surface area contributed by atoms with Gasteiger partial charge < -0.3 is 20.5 Å². The summed E-state index contributed by atoms with van der Waals surface area (Å²) in [6, 6.07) is 18.0. The number of anilines is 1. The van der Waals surface area contributed by atoms with Crippen molar-refractivity contribution in [3.63, 3.8) is 0 Å². The third-order valence-electron chi connectivity index (χ3n) is 5.30. The van der Waals surface area contributed by atoms with E-state index >= 15 is 0 Å². The Morgan fingerprint density at radius 3 is 2.21 bits per heavy atom. The van der Waals surface area contributed by atoms with E-state index in [0.29, 0.717) is 0 Å². The Balaban J connectivity index is 1.43. The largest absolute Gasteiger partial charge is 0.481 e. The zero-order valence-electron chi connectivity index (χ0n) is 17.3. The Bertz CT molecular complexity index is 1170. The number of carboxylic acid groups (broad SMARTS) is 1. The molecule has 1 atom stereocenters. The van der Waals surface area contributed by atoms with Crippen LogP contribution in [-0.4, -0.2) is 40.7 Å². The Hall–Kier alpha value is -4.27. The van der Waals surface area contributed by atoms with Crippen LogP contribution >= 0.6 is 0 Å². The Morgan fingerprint density at radius 1 is 0.970 bits per heavy atom. The summed E-state index contributed by atoms with van der Waals surface area (Å²) in [4.78, 5) is 39.6. The van der Waals surface area contributed by atoms with Crippen molar-refractivity contribution in [1.29, 1.82) is 0 Å². The second kappa shape index (κ2) is 9.47. The lowest BCUT2D eigenvalue weighted by Crippen LogP contribution is -2.45. The van der Waals surface area contributed by atoms with E-state index in [2.05, 4.69) is 15.6 Å². The third kappa shape index (κ3) is 4.98. The summed E-state index contributed by atoms with van der Waals surface area (Å²) >= 11 is 0. The lowest BCUT2D eigenvalue weighted by Gasteiger charge is -2.18. The van der Waals surface area contributed by atoms with Crippen molar-refractivity contribution in [2.75, 3.05) is 11.9 Å². The number of nitrogens with one attached hydrogen (secondary N) is 2. The molecule has 168 valence electrons. The van der Waals surface area contributed by atoms with Crippen molar-refractivity contribution < 1.29 is 28.6 Å². The van der Waals surface area contributed by atoms with E-state index in [1.165, 1.54) is 12.1 Å². The van der Waals surface area contributed by atoms with Gasteiger partial charge in [0.15, 0.2) is 0 Å². The molecule has 3 N–H and O–H groups in total. The van der Waals surface area contributed by atoms with Gasteiger partial charge in [-0.1, -0.05) is 54.6 Å². The van der Waals surface area contributed by atoms with E-state index in [4.69, 9.17) is 9.84 Å². The molecule has 2 aromatic carbocycles. The lowest BCUT2D eigenvalue weighted by molar-refractivity contribution is -0.139. The average molecular weight is 449 g/mol. The molecule has 0 radical (unpaired) electrons. The second-order valence-corrected chi connectivity index (χ2v) is 7.46. The molecule has 0 fully saturated rings. The minimum atomic E-state index is -1.44. The van der Waals surface area contributed by atoms with Gasteiger partial charge in [0.1, 0.15) is 18.5 Å². The Kier molecular flexibility index (Phi) is 6.30. The summed E-state index contributed by atoms with van der Waals surface area (Å²) in [7, 11) is 0. The monoisotopic (exact) mass is 449 g/mol. The smallest absolute Gasteiger partial charge is 0.407 e. The highest BCUT2D eigenvalue weighted by Gasteiger charge is 2.30. The van der Waals surface area contributed by atoms with Gasteiger partial charge in [0.2, 0.25) is 11.9 Å². The molecule has 0 aliphatic heterocycles. The molecule has 1 aliphatic rings. The summed E-state index contributed by atoms with van der Waals surface area (Å²) in [5.74, 6) is -3.27. The number of aliphatic carboxylic acids is 1. The maximum absolute atomic E-state index is 13.3. The summed E-state index contributed by atoms with van der Waals surface area (Å²) in [6.45, 7) is 0.00667. The molecule has 2 amide bonds. The number of pyridine rings is 1. The molecule has 1 unspecified atom stereocenters. The highest BCUT2D eigenvalue weighted by atomic mass is 19.1. The normalized spacial score (nSPS) is 12.9. The molecule has 0 saturated carbocycles. The van der Waals surface area contributed by atoms with E-state index in [-0.39, 0.29) is 18.3 Å². The summed E-state index contributed by atoms with van der Waals surface area (Å²) in [6.07, 6.45) is -1.63. The predicted octanol–water partition coefficient (Wildman–Crippen LogP) is 3.54. The number of halogens is 1. The fourth-order valence-corrected chi connectivity index (χ4v) is 3.86. The van der Waals surface area contributed by atoms with Crippen LogP contribution in [0.3, 0.4) is 0 Å². The lowest BCUT2D eigenvalue weighted by atomic mass is 9.98. The number of ether oxygens (including phenoxy) is 1. The van der Waals surface area contributed by atoms with Gasteiger partial charge in [0.25, 0.3) is 0 Å². The summed E-state index contributed by atoms with van der Waals surface area (Å²) < 4.78 is 18.6. The highest BCUT2D eigenvalue weighted by molar-refractivity contribution is 5.97. The number of carboxylic acids is 1. The minimum absolute atomic E-state index is 0.00667. The minimum Gasteiger partial charge on any atom is -0.481 e. The van der Waals surface area contributed by atoms with Crippen LogP contribution in [0, 0.1) is 5.95 Å². The number of benzene rings is 2. The number of rotatable bonds is 7. The number of fused-ring (bicyclic) bond motifs is 3. The van der Waals surface area contributed by atoms with E-state index < -0.39 is 36.4 Å². The van der Waals surface area contributed by atoms with E-state index in [9.17, 15) is 18.8 Å². The van der Waals surface area contributed by atoms with Crippen molar-refractivity contribution in [2.45, 2.75) is 18.4 Å². The third-order valence-corrected chi connectivity index (χ3v) is 5.30. The zero-order chi connectivity index (χ0) is 23.4. The summed E-state index contributed by atoms with van der Waals surface area (Å²) in [5, 5.41) is 13.7. The predicted molar refractivity (Wildman–Crippen MR) is 117 cm³/mol. The summed E-state index contributed by atoms with van der Waals surface area (Å²) in [5.41, 5.74) is 4.16. The van der Waals surface area contributed by atoms with Crippen molar-refractivity contribution in [2.24, 2.45) is 0 Å². The van der Waals surface area contributed by atoms with Crippen LogP contribution in [-0.2, 0) is 14.3 Å². The van der Waals surface area contributed by atoms with Crippen molar-refractivity contribution in [3.8, 4) is 11.1 Å². The van der Waals surface area contributed by atoms with Gasteiger partial charge in [0, 0.05) is 5.92 Å². The van der Waals surface area contributed by atoms with Crippen LogP contribution in [0.1, 0.15) is 23.5 Å². The number of hydrogen-bond acceptors (Lipinski definition) is 5. The first kappa shape index (κ1) is 21.9. The molecule has 0 bridgehead atoms. The highest BCUT2D eigenvalue weighted by Crippen LogP contribution is 2.44. The van der Waals surface area contributed by atoms with Gasteiger partial charge in [-0.15, -0.1) is 0 Å². The van der Waals surface area contributed by atoms with Gasteiger partial charge in [-0.3, -0.25) is 9.59 Å². The number of aromatic nitrogens is 1. The molecular formula is C24H20FN3O5. The van der Waals surface area contributed by atoms with Crippen LogP contribution in [0.25, 0.3) is 11.1 Å². The maximum atomic E-state index is 13.3. The standard InChI is InChI=1S/C24H20FN3O5/c25-20-10-5-11-21(27-20)28-23(31)19(12-22(29)30)26-24(32)33-13-18-16-8-3-1-6-14(16)15-7-2-4-9-17(15)18/h1-11,18-19H,12-13H2,(H,26,32)(H,29,30)(H,27,28,31). The molecule has 4 rings (SSSR count). The van der Waals surface area contributed by atoms with Gasteiger partial charge in [-0.2, -0.15) is 4.39 Å². The fourth-order valence-electron chi connectivity index (χ4n) is 3.86.